The molecule has 2 nitrogen and oxygen atoms in total. The van der Waals surface area contributed by atoms with Gasteiger partial charge in [-0.1, -0.05) is 0 Å². The van der Waals surface area contributed by atoms with Gasteiger partial charge in [-0.3, -0.25) is 0 Å². The highest BCUT2D eigenvalue weighted by molar-refractivity contribution is 4.73. The van der Waals surface area contributed by atoms with Gasteiger partial charge < -0.3 is 0 Å². The van der Waals surface area contributed by atoms with Crippen molar-refractivity contribution in [3.8, 4) is 0 Å². The average molecular weight is 183 g/mol. The van der Waals surface area contributed by atoms with Gasteiger partial charge in [-0.25, -0.2) is 4.57 Å². The maximum Gasteiger partial charge on any atom is 0.461 e. The van der Waals surface area contributed by atoms with Gasteiger partial charge in [0.25, 0.3) is 0 Å². The molecule has 0 amide bonds. The lowest BCUT2D eigenvalue weighted by Crippen LogP contribution is -2.27. The fourth-order valence-corrected chi connectivity index (χ4v) is 0.773. The topological polar surface area (TPSA) is 8.81 Å². The molecule has 0 bridgehead atoms. The second-order valence-corrected chi connectivity index (χ2v) is 2.40. The van der Waals surface area contributed by atoms with Crippen molar-refractivity contribution in [3.63, 3.8) is 0 Å². The first-order valence-electron chi connectivity index (χ1n) is 3.15. The van der Waals surface area contributed by atoms with E-state index in [4.69, 9.17) is 0 Å². The third kappa shape index (κ3) is 1.75. The maximum absolute atomic E-state index is 12.5. The summed E-state index contributed by atoms with van der Waals surface area (Å²) in [7, 11) is 1.51. The van der Waals surface area contributed by atoms with Crippen LogP contribution in [0.25, 0.3) is 0 Å². The molecule has 1 atom stereocenters. The number of imidazole rings is 1. The summed E-state index contributed by atoms with van der Waals surface area (Å²) in [4.78, 5) is 0. The first kappa shape index (κ1) is 9.02. The quantitative estimate of drug-likeness (QED) is 0.459. The van der Waals surface area contributed by atoms with E-state index in [1.165, 1.54) is 17.8 Å². The van der Waals surface area contributed by atoms with E-state index in [9.17, 15) is 17.6 Å². The number of alkyl halides is 4. The fourth-order valence-electron chi connectivity index (χ4n) is 0.773. The molecule has 1 aromatic heterocycles. The lowest BCUT2D eigenvalue weighted by molar-refractivity contribution is -0.671. The summed E-state index contributed by atoms with van der Waals surface area (Å²) in [6.45, 7) is 0. The molecule has 0 N–H and O–H groups in total. The summed E-state index contributed by atoms with van der Waals surface area (Å²) in [6, 6.07) is 0. The predicted octanol–water partition coefficient (Wildman–Crippen LogP) is 1.34. The second-order valence-electron chi connectivity index (χ2n) is 2.40. The average Bonchev–Trinajstić information content (AvgIpc) is 2.32. The highest BCUT2D eigenvalue weighted by atomic mass is 19.4. The molecule has 0 aliphatic rings. The Kier molecular flexibility index (Phi) is 2.08. The largest absolute Gasteiger partial charge is 0.461 e. The van der Waals surface area contributed by atoms with Gasteiger partial charge in [-0.05, 0) is 0 Å². The van der Waals surface area contributed by atoms with E-state index >= 15 is 0 Å². The van der Waals surface area contributed by atoms with Crippen molar-refractivity contribution in [2.45, 2.75) is 12.5 Å². The van der Waals surface area contributed by atoms with Crippen molar-refractivity contribution in [3.05, 3.63) is 18.7 Å². The highest BCUT2D eigenvalue weighted by Gasteiger charge is 2.45. The monoisotopic (exact) mass is 183 g/mol. The van der Waals surface area contributed by atoms with Crippen molar-refractivity contribution in [2.24, 2.45) is 7.05 Å². The molecule has 1 aromatic rings. The van der Waals surface area contributed by atoms with Crippen molar-refractivity contribution >= 4 is 0 Å². The van der Waals surface area contributed by atoms with E-state index in [0.29, 0.717) is 4.57 Å². The normalized spacial score (nSPS) is 14.8. The number of aromatic nitrogens is 2. The van der Waals surface area contributed by atoms with Crippen LogP contribution in [-0.4, -0.2) is 10.7 Å². The van der Waals surface area contributed by atoms with E-state index in [0.717, 1.165) is 12.5 Å². The Balaban J connectivity index is 2.85. The Labute approximate surface area is 66.0 Å². The summed E-state index contributed by atoms with van der Waals surface area (Å²) in [5.41, 5.74) is 0. The number of hydrogen-bond acceptors (Lipinski definition) is 0. The van der Waals surface area contributed by atoms with Gasteiger partial charge in [-0.15, -0.1) is 0 Å². The van der Waals surface area contributed by atoms with E-state index in [-0.39, 0.29) is 0 Å². The molecule has 0 saturated heterocycles. The van der Waals surface area contributed by atoms with E-state index in [1.54, 1.807) is 0 Å². The molecule has 0 spiro atoms. The van der Waals surface area contributed by atoms with Gasteiger partial charge in [0.1, 0.15) is 12.4 Å². The fraction of sp³-hybridized carbons (Fsp3) is 0.500. The SMILES string of the molecule is C[n+]1ccn(C(F)C(F)(F)F)c1. The van der Waals surface area contributed by atoms with Gasteiger partial charge in [0.05, 0.1) is 7.05 Å². The predicted molar refractivity (Wildman–Crippen MR) is 31.8 cm³/mol. The van der Waals surface area contributed by atoms with Crippen LogP contribution in [0.5, 0.6) is 0 Å². The number of hydrogen-bond donors (Lipinski definition) is 0. The third-order valence-corrected chi connectivity index (χ3v) is 1.32. The molecule has 12 heavy (non-hydrogen) atoms. The first-order valence-corrected chi connectivity index (χ1v) is 3.15. The first-order chi connectivity index (χ1) is 5.41. The zero-order valence-corrected chi connectivity index (χ0v) is 6.22. The van der Waals surface area contributed by atoms with Crippen molar-refractivity contribution in [2.75, 3.05) is 0 Å². The zero-order chi connectivity index (χ0) is 9.35. The zero-order valence-electron chi connectivity index (χ0n) is 6.22. The van der Waals surface area contributed by atoms with Crippen LogP contribution in [0.15, 0.2) is 18.7 Å². The summed E-state index contributed by atoms with van der Waals surface area (Å²) in [6.07, 6.45) is -4.42. The number of rotatable bonds is 1. The van der Waals surface area contributed by atoms with Gasteiger partial charge in [-0.2, -0.15) is 22.1 Å². The Morgan fingerprint density at radius 2 is 2.00 bits per heavy atom. The molecule has 0 radical (unpaired) electrons. The van der Waals surface area contributed by atoms with Crippen LogP contribution in [0.1, 0.15) is 6.30 Å². The number of aryl methyl sites for hydroxylation is 1. The molecule has 6 heteroatoms. The summed E-state index contributed by atoms with van der Waals surface area (Å²) < 4.78 is 49.5. The van der Waals surface area contributed by atoms with Gasteiger partial charge in [0.2, 0.25) is 6.33 Å². The lowest BCUT2D eigenvalue weighted by atomic mass is 10.6. The highest BCUT2D eigenvalue weighted by Crippen LogP contribution is 2.30. The molecule has 0 fully saturated rings. The number of nitrogens with zero attached hydrogens (tertiary/aromatic N) is 2. The van der Waals surface area contributed by atoms with Gasteiger partial charge in [0, 0.05) is 0 Å². The minimum Gasteiger partial charge on any atom is -0.239 e. The Hall–Kier alpha value is -1.07. The van der Waals surface area contributed by atoms with Crippen LogP contribution in [0.2, 0.25) is 0 Å². The van der Waals surface area contributed by atoms with Crippen LogP contribution in [-0.2, 0) is 7.05 Å². The van der Waals surface area contributed by atoms with Crippen molar-refractivity contribution < 1.29 is 22.1 Å². The van der Waals surface area contributed by atoms with Crippen LogP contribution >= 0.6 is 0 Å². The Morgan fingerprint density at radius 1 is 1.42 bits per heavy atom. The van der Waals surface area contributed by atoms with E-state index < -0.39 is 12.5 Å². The van der Waals surface area contributed by atoms with Crippen molar-refractivity contribution in [1.82, 2.24) is 4.57 Å². The van der Waals surface area contributed by atoms with Gasteiger partial charge >= 0.3 is 12.5 Å². The Morgan fingerprint density at radius 3 is 2.33 bits per heavy atom. The van der Waals surface area contributed by atoms with Crippen LogP contribution in [0.4, 0.5) is 17.6 Å². The van der Waals surface area contributed by atoms with Crippen LogP contribution < -0.4 is 4.57 Å². The minimum absolute atomic E-state index is 0.458. The smallest absolute Gasteiger partial charge is 0.239 e. The molecule has 0 aliphatic carbocycles. The molecule has 0 aromatic carbocycles. The van der Waals surface area contributed by atoms with Gasteiger partial charge in [0.15, 0.2) is 0 Å². The molecule has 0 saturated carbocycles. The maximum atomic E-state index is 12.5. The molecule has 0 aliphatic heterocycles. The standard InChI is InChI=1S/C6H7F4N2/c1-11-2-3-12(4-11)5(7)6(8,9)10/h2-5H,1H3/q+1. The van der Waals surface area contributed by atoms with Crippen LogP contribution in [0.3, 0.4) is 0 Å². The van der Waals surface area contributed by atoms with E-state index in [2.05, 4.69) is 0 Å². The number of halogens is 4. The lowest BCUT2D eigenvalue weighted by Gasteiger charge is -2.07. The molecule has 1 rings (SSSR count). The molecule has 1 unspecified atom stereocenters. The van der Waals surface area contributed by atoms with Crippen LogP contribution in [0, 0.1) is 0 Å². The minimum atomic E-state index is -4.84. The summed E-state index contributed by atoms with van der Waals surface area (Å²) >= 11 is 0. The Bertz CT molecular complexity index is 265. The van der Waals surface area contributed by atoms with E-state index in [1.807, 2.05) is 0 Å². The summed E-state index contributed by atoms with van der Waals surface area (Å²) in [5, 5.41) is 0. The molecular formula is C6H7F4N2+. The van der Waals surface area contributed by atoms with Crippen molar-refractivity contribution in [1.29, 1.82) is 0 Å². The second kappa shape index (κ2) is 2.76. The third-order valence-electron chi connectivity index (χ3n) is 1.32. The molecule has 1 heterocycles. The molecule has 68 valence electrons. The summed E-state index contributed by atoms with van der Waals surface area (Å²) in [5.74, 6) is 0. The molecular weight excluding hydrogens is 176 g/mol.